The van der Waals surface area contributed by atoms with Crippen molar-refractivity contribution in [2.24, 2.45) is 0 Å². The van der Waals surface area contributed by atoms with Crippen molar-refractivity contribution in [3.05, 3.63) is 83.2 Å². The Morgan fingerprint density at radius 2 is 1.85 bits per heavy atom. The molecule has 0 unspecified atom stereocenters. The van der Waals surface area contributed by atoms with Crippen LogP contribution < -0.4 is 9.47 Å². The molecular formula is C26H27N3O4. The van der Waals surface area contributed by atoms with Gasteiger partial charge in [-0.1, -0.05) is 55.4 Å². The minimum atomic E-state index is -0.135. The SMILES string of the molecule is COc1cc(CN(C)C(=O)c2cnc3onc(C(C)C)c3c2)ccc1OCc1ccccc1. The highest BCUT2D eigenvalue weighted by atomic mass is 16.5. The minimum absolute atomic E-state index is 0.135. The lowest BCUT2D eigenvalue weighted by atomic mass is 10.1. The molecule has 2 heterocycles. The van der Waals surface area contributed by atoms with E-state index in [1.54, 1.807) is 25.1 Å². The molecule has 1 amide bonds. The van der Waals surface area contributed by atoms with Gasteiger partial charge in [0.2, 0.25) is 0 Å². The van der Waals surface area contributed by atoms with Gasteiger partial charge in [0.25, 0.3) is 11.6 Å². The fraction of sp³-hybridized carbons (Fsp3) is 0.269. The van der Waals surface area contributed by atoms with Crippen molar-refractivity contribution >= 4 is 17.0 Å². The number of hydrogen-bond acceptors (Lipinski definition) is 6. The molecule has 0 aliphatic heterocycles. The molecule has 0 aliphatic rings. The number of aromatic nitrogens is 2. The average molecular weight is 446 g/mol. The van der Waals surface area contributed by atoms with Crippen LogP contribution in [0.4, 0.5) is 0 Å². The van der Waals surface area contributed by atoms with Crippen molar-refractivity contribution in [3.8, 4) is 11.5 Å². The Hall–Kier alpha value is -3.87. The largest absolute Gasteiger partial charge is 0.493 e. The van der Waals surface area contributed by atoms with Crippen LogP contribution in [-0.2, 0) is 13.2 Å². The van der Waals surface area contributed by atoms with Gasteiger partial charge in [-0.15, -0.1) is 0 Å². The summed E-state index contributed by atoms with van der Waals surface area (Å²) in [7, 11) is 3.37. The number of carbonyl (C=O) groups excluding carboxylic acids is 1. The number of fused-ring (bicyclic) bond motifs is 1. The molecule has 0 fully saturated rings. The highest BCUT2D eigenvalue weighted by molar-refractivity contribution is 5.96. The zero-order valence-corrected chi connectivity index (χ0v) is 19.2. The maximum Gasteiger partial charge on any atom is 0.257 e. The van der Waals surface area contributed by atoms with Gasteiger partial charge >= 0.3 is 0 Å². The highest BCUT2D eigenvalue weighted by Gasteiger charge is 2.18. The zero-order chi connectivity index (χ0) is 23.4. The van der Waals surface area contributed by atoms with E-state index in [-0.39, 0.29) is 11.8 Å². The van der Waals surface area contributed by atoms with Crippen molar-refractivity contribution in [2.75, 3.05) is 14.2 Å². The van der Waals surface area contributed by atoms with Gasteiger partial charge in [-0.3, -0.25) is 4.79 Å². The summed E-state index contributed by atoms with van der Waals surface area (Å²) < 4.78 is 16.7. The fourth-order valence-electron chi connectivity index (χ4n) is 3.61. The standard InChI is InChI=1S/C26H27N3O4/c1-17(2)24-21-13-20(14-27-25(21)33-28-24)26(30)29(3)15-19-10-11-22(23(12-19)31-4)32-16-18-8-6-5-7-9-18/h5-14,17H,15-16H2,1-4H3. The molecule has 0 radical (unpaired) electrons. The third-order valence-electron chi connectivity index (χ3n) is 5.38. The molecule has 0 aliphatic carbocycles. The Bertz CT molecular complexity index is 1250. The van der Waals surface area contributed by atoms with E-state index in [9.17, 15) is 4.79 Å². The maximum absolute atomic E-state index is 13.1. The molecule has 0 bridgehead atoms. The van der Waals surface area contributed by atoms with Gasteiger partial charge in [0, 0.05) is 19.8 Å². The lowest BCUT2D eigenvalue weighted by molar-refractivity contribution is 0.0784. The predicted octanol–water partition coefficient (Wildman–Crippen LogP) is 5.21. The van der Waals surface area contributed by atoms with Crippen molar-refractivity contribution in [1.82, 2.24) is 15.0 Å². The van der Waals surface area contributed by atoms with Crippen LogP contribution in [0.5, 0.6) is 11.5 Å². The molecule has 0 spiro atoms. The normalized spacial score (nSPS) is 11.1. The van der Waals surface area contributed by atoms with E-state index in [2.05, 4.69) is 10.1 Å². The lowest BCUT2D eigenvalue weighted by Gasteiger charge is -2.18. The van der Waals surface area contributed by atoms with E-state index in [4.69, 9.17) is 14.0 Å². The Balaban J connectivity index is 1.47. The van der Waals surface area contributed by atoms with Crippen molar-refractivity contribution in [1.29, 1.82) is 0 Å². The van der Waals surface area contributed by atoms with Crippen molar-refractivity contribution in [3.63, 3.8) is 0 Å². The molecule has 0 atom stereocenters. The molecule has 2 aromatic heterocycles. The van der Waals surface area contributed by atoms with Crippen LogP contribution in [0, 0.1) is 0 Å². The number of carbonyl (C=O) groups is 1. The van der Waals surface area contributed by atoms with Gasteiger partial charge in [-0.25, -0.2) is 4.98 Å². The first-order valence-electron chi connectivity index (χ1n) is 10.8. The number of nitrogens with zero attached hydrogens (tertiary/aromatic N) is 3. The predicted molar refractivity (Wildman–Crippen MR) is 125 cm³/mol. The fourth-order valence-corrected chi connectivity index (χ4v) is 3.61. The second-order valence-electron chi connectivity index (χ2n) is 8.22. The van der Waals surface area contributed by atoms with Gasteiger partial charge in [-0.2, -0.15) is 0 Å². The molecule has 7 nitrogen and oxygen atoms in total. The van der Waals surface area contributed by atoms with E-state index in [0.717, 1.165) is 22.2 Å². The first kappa shape index (κ1) is 22.3. The van der Waals surface area contributed by atoms with Crippen molar-refractivity contribution < 1.29 is 18.8 Å². The van der Waals surface area contributed by atoms with Crippen LogP contribution in [0.1, 0.15) is 46.9 Å². The van der Waals surface area contributed by atoms with E-state index in [1.807, 2.05) is 62.4 Å². The van der Waals surface area contributed by atoms with Gasteiger partial charge in [0.05, 0.1) is 23.8 Å². The van der Waals surface area contributed by atoms with Gasteiger partial charge < -0.3 is 18.9 Å². The number of ether oxygens (including phenoxy) is 2. The molecule has 0 saturated heterocycles. The molecule has 0 saturated carbocycles. The Morgan fingerprint density at radius 3 is 2.58 bits per heavy atom. The smallest absolute Gasteiger partial charge is 0.257 e. The first-order chi connectivity index (χ1) is 16.0. The summed E-state index contributed by atoms with van der Waals surface area (Å²) >= 11 is 0. The van der Waals surface area contributed by atoms with E-state index in [1.165, 1.54) is 6.20 Å². The minimum Gasteiger partial charge on any atom is -0.493 e. The Morgan fingerprint density at radius 1 is 1.06 bits per heavy atom. The zero-order valence-electron chi connectivity index (χ0n) is 19.2. The Kier molecular flexibility index (Phi) is 6.58. The van der Waals surface area contributed by atoms with Crippen LogP contribution in [0.25, 0.3) is 11.1 Å². The molecule has 0 N–H and O–H groups in total. The molecule has 33 heavy (non-hydrogen) atoms. The van der Waals surface area contributed by atoms with Gasteiger partial charge in [-0.05, 0) is 35.2 Å². The van der Waals surface area contributed by atoms with E-state index >= 15 is 0 Å². The summed E-state index contributed by atoms with van der Waals surface area (Å²) in [6.45, 7) is 4.91. The molecule has 170 valence electrons. The summed E-state index contributed by atoms with van der Waals surface area (Å²) in [6, 6.07) is 17.4. The van der Waals surface area contributed by atoms with Crippen molar-refractivity contribution in [2.45, 2.75) is 32.9 Å². The van der Waals surface area contributed by atoms with Crippen LogP contribution in [0.2, 0.25) is 0 Å². The highest BCUT2D eigenvalue weighted by Crippen LogP contribution is 2.30. The quantitative estimate of drug-likeness (QED) is 0.371. The number of benzene rings is 2. The summed E-state index contributed by atoms with van der Waals surface area (Å²) in [6.07, 6.45) is 1.53. The molecule has 2 aromatic carbocycles. The van der Waals surface area contributed by atoms with Crippen LogP contribution >= 0.6 is 0 Å². The van der Waals surface area contributed by atoms with Gasteiger partial charge in [0.1, 0.15) is 6.61 Å². The second-order valence-corrected chi connectivity index (χ2v) is 8.22. The maximum atomic E-state index is 13.1. The number of amides is 1. The summed E-state index contributed by atoms with van der Waals surface area (Å²) in [5.41, 5.74) is 3.73. The monoisotopic (exact) mass is 445 g/mol. The topological polar surface area (TPSA) is 77.7 Å². The van der Waals surface area contributed by atoms with E-state index in [0.29, 0.717) is 35.9 Å². The van der Waals surface area contributed by atoms with E-state index < -0.39 is 0 Å². The number of hydrogen-bond donors (Lipinski definition) is 0. The van der Waals surface area contributed by atoms with Crippen LogP contribution in [0.15, 0.2) is 65.3 Å². The second kappa shape index (κ2) is 9.73. The third-order valence-corrected chi connectivity index (χ3v) is 5.38. The molecule has 4 rings (SSSR count). The average Bonchev–Trinajstić information content (AvgIpc) is 3.27. The summed E-state index contributed by atoms with van der Waals surface area (Å²) in [4.78, 5) is 19.0. The first-order valence-corrected chi connectivity index (χ1v) is 10.8. The lowest BCUT2D eigenvalue weighted by Crippen LogP contribution is -2.26. The third kappa shape index (κ3) is 4.98. The molecule has 7 heteroatoms. The molecule has 4 aromatic rings. The molecular weight excluding hydrogens is 418 g/mol. The van der Waals surface area contributed by atoms with Crippen LogP contribution in [-0.4, -0.2) is 35.1 Å². The summed E-state index contributed by atoms with van der Waals surface area (Å²) in [5, 5.41) is 4.85. The summed E-state index contributed by atoms with van der Waals surface area (Å²) in [5.74, 6) is 1.32. The number of methoxy groups -OCH3 is 1. The Labute approximate surface area is 192 Å². The number of rotatable bonds is 8. The number of pyridine rings is 1. The van der Waals surface area contributed by atoms with Crippen LogP contribution in [0.3, 0.4) is 0 Å². The van der Waals surface area contributed by atoms with Gasteiger partial charge in [0.15, 0.2) is 11.5 Å².